The molecule has 1 aromatic carbocycles. The molecule has 2 atom stereocenters. The lowest BCUT2D eigenvalue weighted by atomic mass is 9.72. The second kappa shape index (κ2) is 13.3. The zero-order chi connectivity index (χ0) is 28.8. The van der Waals surface area contributed by atoms with Crippen molar-refractivity contribution in [3.05, 3.63) is 75.8 Å². The van der Waals surface area contributed by atoms with E-state index < -0.39 is 6.10 Å². The number of rotatable bonds is 3. The van der Waals surface area contributed by atoms with E-state index in [4.69, 9.17) is 14.8 Å². The van der Waals surface area contributed by atoms with E-state index in [2.05, 4.69) is 93.5 Å². The summed E-state index contributed by atoms with van der Waals surface area (Å²) >= 11 is 0. The van der Waals surface area contributed by atoms with Crippen LogP contribution in [0.15, 0.2) is 36.6 Å². The van der Waals surface area contributed by atoms with Crippen LogP contribution >= 0.6 is 0 Å². The van der Waals surface area contributed by atoms with Crippen molar-refractivity contribution in [2.24, 2.45) is 11.3 Å². The zero-order valence-electron chi connectivity index (χ0n) is 25.9. The highest BCUT2D eigenvalue weighted by Gasteiger charge is 2.40. The average Bonchev–Trinajstić information content (AvgIpc) is 3.27. The molecule has 2 aromatic rings. The van der Waals surface area contributed by atoms with Crippen LogP contribution in [0.5, 0.6) is 0 Å². The summed E-state index contributed by atoms with van der Waals surface area (Å²) in [4.78, 5) is 5.12. The van der Waals surface area contributed by atoms with E-state index in [-0.39, 0.29) is 16.9 Å². The molecule has 38 heavy (non-hydrogen) atoms. The minimum atomic E-state index is -0.457. The molecule has 212 valence electrons. The van der Waals surface area contributed by atoms with Crippen LogP contribution in [0.4, 0.5) is 0 Å². The van der Waals surface area contributed by atoms with Gasteiger partial charge in [-0.05, 0) is 59.1 Å². The van der Waals surface area contributed by atoms with Gasteiger partial charge in [-0.3, -0.25) is 4.98 Å². The van der Waals surface area contributed by atoms with Crippen molar-refractivity contribution in [1.29, 1.82) is 0 Å². The van der Waals surface area contributed by atoms with Crippen LogP contribution in [-0.2, 0) is 23.2 Å². The number of fused-ring (bicyclic) bond motifs is 3. The number of pyridine rings is 1. The molecule has 1 aliphatic carbocycles. The monoisotopic (exact) mass is 523 g/mol. The van der Waals surface area contributed by atoms with E-state index in [9.17, 15) is 5.11 Å². The number of ether oxygens (including phenoxy) is 1. The molecule has 0 radical (unpaired) electrons. The van der Waals surface area contributed by atoms with E-state index >= 15 is 0 Å². The standard InChI is InChI=1S/C26H35NO2.C5H12.C3H6O/c1-15(2)23-22-18(21-19(27-23)12-26(6,7)13-20(21)28)14-29-24(22)16-8-10-17(11-9-16)25(3,4)5;1-4-5(2)3;1-2-3-4/h8-11,15,20,24,28H,12-14H2,1-7H3;5H,4H2,1-3H3;2-4H,1H3/b;;3-2+. The summed E-state index contributed by atoms with van der Waals surface area (Å²) < 4.78 is 6.34. The Kier molecular flexibility index (Phi) is 11.2. The topological polar surface area (TPSA) is 62.6 Å². The summed E-state index contributed by atoms with van der Waals surface area (Å²) in [6.07, 6.45) is 5.00. The van der Waals surface area contributed by atoms with Gasteiger partial charge in [0.25, 0.3) is 0 Å². The second-order valence-electron chi connectivity index (χ2n) is 13.3. The molecule has 0 spiro atoms. The fraction of sp³-hybridized carbons (Fsp3) is 0.618. The summed E-state index contributed by atoms with van der Waals surface area (Å²) in [5, 5.41) is 18.7. The Hall–Kier alpha value is -2.17. The number of benzene rings is 1. The summed E-state index contributed by atoms with van der Waals surface area (Å²) in [6, 6.07) is 8.83. The van der Waals surface area contributed by atoms with Gasteiger partial charge in [-0.15, -0.1) is 0 Å². The van der Waals surface area contributed by atoms with Crippen LogP contribution in [0.3, 0.4) is 0 Å². The molecule has 0 fully saturated rings. The van der Waals surface area contributed by atoms with Crippen LogP contribution in [0, 0.1) is 11.3 Å². The first-order chi connectivity index (χ1) is 17.7. The van der Waals surface area contributed by atoms with Gasteiger partial charge in [0.1, 0.15) is 6.10 Å². The molecule has 2 N–H and O–H groups in total. The van der Waals surface area contributed by atoms with Crippen LogP contribution in [0.1, 0.15) is 146 Å². The molecule has 1 aromatic heterocycles. The molecule has 2 unspecified atom stereocenters. The maximum atomic E-state index is 11.0. The SMILES string of the molecule is C/C=C/O.CC(C)c1nc2c(c3c1C(c1ccc(C(C)(C)C)cc1)OC3)C(O)CC(C)(C)C2.CCC(C)C. The first kappa shape index (κ1) is 32.0. The Balaban J connectivity index is 0.000000489. The number of hydrogen-bond acceptors (Lipinski definition) is 4. The Morgan fingerprint density at radius 2 is 1.63 bits per heavy atom. The van der Waals surface area contributed by atoms with Crippen LogP contribution in [-0.4, -0.2) is 15.2 Å². The number of hydrogen-bond donors (Lipinski definition) is 2. The summed E-state index contributed by atoms with van der Waals surface area (Å²) in [7, 11) is 0. The third kappa shape index (κ3) is 7.93. The van der Waals surface area contributed by atoms with Crippen molar-refractivity contribution >= 4 is 0 Å². The third-order valence-corrected chi connectivity index (χ3v) is 7.47. The Morgan fingerprint density at radius 3 is 2.08 bits per heavy atom. The van der Waals surface area contributed by atoms with Gasteiger partial charge >= 0.3 is 0 Å². The number of allylic oxidation sites excluding steroid dienone is 1. The number of aromatic nitrogens is 1. The number of nitrogens with zero attached hydrogens (tertiary/aromatic N) is 1. The van der Waals surface area contributed by atoms with Crippen molar-refractivity contribution in [2.75, 3.05) is 0 Å². The largest absolute Gasteiger partial charge is 0.516 e. The molecule has 2 aliphatic rings. The van der Waals surface area contributed by atoms with Crippen molar-refractivity contribution in [2.45, 2.75) is 126 Å². The van der Waals surface area contributed by atoms with E-state index in [1.54, 1.807) is 13.0 Å². The molecule has 4 heteroatoms. The fourth-order valence-corrected chi connectivity index (χ4v) is 4.98. The average molecular weight is 524 g/mol. The maximum Gasteiger partial charge on any atom is 0.110 e. The highest BCUT2D eigenvalue weighted by molar-refractivity contribution is 5.50. The normalized spacial score (nSPS) is 19.9. The predicted octanol–water partition coefficient (Wildman–Crippen LogP) is 9.26. The molecule has 0 saturated carbocycles. The smallest absolute Gasteiger partial charge is 0.110 e. The lowest BCUT2D eigenvalue weighted by molar-refractivity contribution is 0.0848. The van der Waals surface area contributed by atoms with E-state index in [1.807, 2.05) is 0 Å². The maximum absolute atomic E-state index is 11.0. The number of aliphatic hydroxyl groups is 2. The van der Waals surface area contributed by atoms with Gasteiger partial charge in [-0.1, -0.05) is 106 Å². The van der Waals surface area contributed by atoms with Gasteiger partial charge in [0.05, 0.1) is 19.0 Å². The summed E-state index contributed by atoms with van der Waals surface area (Å²) in [5.41, 5.74) is 8.33. The van der Waals surface area contributed by atoms with Gasteiger partial charge in [0.2, 0.25) is 0 Å². The van der Waals surface area contributed by atoms with Gasteiger partial charge in [0, 0.05) is 22.5 Å². The minimum absolute atomic E-state index is 0.0730. The lowest BCUT2D eigenvalue weighted by Crippen LogP contribution is -2.28. The highest BCUT2D eigenvalue weighted by Crippen LogP contribution is 2.48. The lowest BCUT2D eigenvalue weighted by Gasteiger charge is -2.36. The predicted molar refractivity (Wildman–Crippen MR) is 160 cm³/mol. The van der Waals surface area contributed by atoms with Crippen LogP contribution in [0.2, 0.25) is 0 Å². The van der Waals surface area contributed by atoms with E-state index in [1.165, 1.54) is 28.7 Å². The first-order valence-electron chi connectivity index (χ1n) is 14.4. The van der Waals surface area contributed by atoms with E-state index in [0.29, 0.717) is 12.5 Å². The van der Waals surface area contributed by atoms with Crippen molar-refractivity contribution in [3.63, 3.8) is 0 Å². The molecule has 4 nitrogen and oxygen atoms in total. The zero-order valence-corrected chi connectivity index (χ0v) is 25.9. The van der Waals surface area contributed by atoms with Gasteiger partial charge in [0.15, 0.2) is 0 Å². The molecular weight excluding hydrogens is 470 g/mol. The van der Waals surface area contributed by atoms with Gasteiger partial charge in [-0.25, -0.2) is 0 Å². The minimum Gasteiger partial charge on any atom is -0.516 e. The summed E-state index contributed by atoms with van der Waals surface area (Å²) in [5.74, 6) is 1.20. The Labute approximate surface area is 232 Å². The van der Waals surface area contributed by atoms with Gasteiger partial charge in [-0.2, -0.15) is 0 Å². The Bertz CT molecular complexity index is 1050. The second-order valence-corrected chi connectivity index (χ2v) is 13.3. The van der Waals surface area contributed by atoms with Crippen LogP contribution < -0.4 is 0 Å². The Morgan fingerprint density at radius 1 is 1.08 bits per heavy atom. The molecule has 0 bridgehead atoms. The molecular formula is C34H53NO3. The molecule has 0 amide bonds. The molecule has 1 aliphatic heterocycles. The highest BCUT2D eigenvalue weighted by atomic mass is 16.5. The summed E-state index contributed by atoms with van der Waals surface area (Å²) in [6.45, 7) is 24.5. The van der Waals surface area contributed by atoms with Crippen molar-refractivity contribution < 1.29 is 14.9 Å². The van der Waals surface area contributed by atoms with Crippen molar-refractivity contribution in [1.82, 2.24) is 4.98 Å². The number of aliphatic hydroxyl groups excluding tert-OH is 2. The first-order valence-corrected chi connectivity index (χ1v) is 14.4. The molecule has 4 rings (SSSR count). The third-order valence-electron chi connectivity index (χ3n) is 7.47. The van der Waals surface area contributed by atoms with Crippen molar-refractivity contribution in [3.8, 4) is 0 Å². The quantitative estimate of drug-likeness (QED) is 0.394. The molecule has 0 saturated heterocycles. The van der Waals surface area contributed by atoms with Crippen LogP contribution in [0.25, 0.3) is 0 Å². The van der Waals surface area contributed by atoms with Gasteiger partial charge < -0.3 is 14.9 Å². The van der Waals surface area contributed by atoms with E-state index in [0.717, 1.165) is 42.0 Å². The molecule has 2 heterocycles. The fourth-order valence-electron chi connectivity index (χ4n) is 4.98.